The number of Topliss-reactive ketones (excluding diaryl/α,β-unsaturated/α-hetero) is 1. The minimum Gasteiger partial charge on any atom is -0.545 e. The van der Waals surface area contributed by atoms with Crippen LogP contribution < -0.4 is 10.2 Å². The highest BCUT2D eigenvalue weighted by atomic mass is 16.5. The summed E-state index contributed by atoms with van der Waals surface area (Å²) in [5.41, 5.74) is -0.559. The molecule has 0 aromatic carbocycles. The first-order valence-corrected chi connectivity index (χ1v) is 5.19. The van der Waals surface area contributed by atoms with Gasteiger partial charge in [0.2, 0.25) is 5.78 Å². The fourth-order valence-electron chi connectivity index (χ4n) is 1.34. The second-order valence-electron chi connectivity index (χ2n) is 3.42. The van der Waals surface area contributed by atoms with E-state index in [1.165, 1.54) is 18.2 Å². The van der Waals surface area contributed by atoms with Crippen LogP contribution in [0.5, 0.6) is 0 Å². The van der Waals surface area contributed by atoms with Crippen molar-refractivity contribution in [1.82, 2.24) is 0 Å². The number of hydrogen-bond donors (Lipinski definition) is 0. The predicted molar refractivity (Wildman–Crippen MR) is 55.5 cm³/mol. The molecular formula is C12H10O6-2. The highest BCUT2D eigenvalue weighted by Gasteiger charge is 2.25. The summed E-state index contributed by atoms with van der Waals surface area (Å²) in [6.45, 7) is 1.68. The van der Waals surface area contributed by atoms with E-state index in [4.69, 9.17) is 4.74 Å². The van der Waals surface area contributed by atoms with E-state index in [0.717, 1.165) is 6.08 Å². The summed E-state index contributed by atoms with van der Waals surface area (Å²) in [4.78, 5) is 32.9. The van der Waals surface area contributed by atoms with Gasteiger partial charge in [0.25, 0.3) is 0 Å². The monoisotopic (exact) mass is 250 g/mol. The number of allylic oxidation sites excluding steroid dienone is 3. The lowest BCUT2D eigenvalue weighted by Gasteiger charge is -2.21. The number of ether oxygens (including phenoxy) is 1. The van der Waals surface area contributed by atoms with Crippen LogP contribution in [-0.4, -0.2) is 23.8 Å². The molecule has 0 spiro atoms. The van der Waals surface area contributed by atoms with Gasteiger partial charge in [-0.15, -0.1) is 0 Å². The smallest absolute Gasteiger partial charge is 0.209 e. The number of carbonyl (C=O) groups excluding carboxylic acids is 3. The van der Waals surface area contributed by atoms with Crippen LogP contribution in [0.2, 0.25) is 0 Å². The topological polar surface area (TPSA) is 107 Å². The summed E-state index contributed by atoms with van der Waals surface area (Å²) in [5, 5.41) is 21.3. The molecule has 0 amide bonds. The molecule has 0 heterocycles. The number of hydrogen-bond acceptors (Lipinski definition) is 6. The zero-order chi connectivity index (χ0) is 13.7. The van der Waals surface area contributed by atoms with Crippen LogP contribution in [0.4, 0.5) is 0 Å². The van der Waals surface area contributed by atoms with Crippen LogP contribution in [0, 0.1) is 0 Å². The minimum absolute atomic E-state index is 0.372. The van der Waals surface area contributed by atoms with Crippen LogP contribution in [0.3, 0.4) is 0 Å². The van der Waals surface area contributed by atoms with E-state index in [-0.39, 0.29) is 0 Å². The van der Waals surface area contributed by atoms with Crippen molar-refractivity contribution in [3.63, 3.8) is 0 Å². The van der Waals surface area contributed by atoms with Crippen LogP contribution in [0.25, 0.3) is 0 Å². The predicted octanol–water partition coefficient (Wildman–Crippen LogP) is -1.77. The number of rotatable bonds is 5. The van der Waals surface area contributed by atoms with Gasteiger partial charge in [0.1, 0.15) is 11.7 Å². The van der Waals surface area contributed by atoms with Gasteiger partial charge in [-0.2, -0.15) is 0 Å². The van der Waals surface area contributed by atoms with Crippen LogP contribution in [-0.2, 0) is 19.1 Å². The molecule has 1 aliphatic carbocycles. The quantitative estimate of drug-likeness (QED) is 0.325. The lowest BCUT2D eigenvalue weighted by molar-refractivity contribution is -0.303. The first-order valence-electron chi connectivity index (χ1n) is 5.19. The van der Waals surface area contributed by atoms with Crippen molar-refractivity contribution in [3.05, 3.63) is 35.6 Å². The molecule has 1 unspecified atom stereocenters. The number of carboxylic acids is 2. The molecule has 0 N–H and O–H groups in total. The maximum atomic E-state index is 11.6. The normalized spacial score (nSPS) is 19.4. The fraction of sp³-hybridized carbons (Fsp3) is 0.250. The van der Waals surface area contributed by atoms with Crippen molar-refractivity contribution in [2.45, 2.75) is 19.4 Å². The molecule has 6 nitrogen and oxygen atoms in total. The van der Waals surface area contributed by atoms with Gasteiger partial charge in [-0.25, -0.2) is 0 Å². The summed E-state index contributed by atoms with van der Waals surface area (Å²) >= 11 is 0. The Morgan fingerprint density at radius 3 is 2.61 bits per heavy atom. The lowest BCUT2D eigenvalue weighted by Crippen LogP contribution is -2.37. The Labute approximate surface area is 103 Å². The second kappa shape index (κ2) is 5.81. The Kier molecular flexibility index (Phi) is 4.42. The molecule has 1 aliphatic rings. The molecule has 0 fully saturated rings. The first-order chi connectivity index (χ1) is 8.47. The Morgan fingerprint density at radius 2 is 2.11 bits per heavy atom. The van der Waals surface area contributed by atoms with E-state index in [1.54, 1.807) is 6.92 Å². The van der Waals surface area contributed by atoms with Gasteiger partial charge in [-0.05, 0) is 24.6 Å². The Balaban J connectivity index is 2.88. The highest BCUT2D eigenvalue weighted by molar-refractivity contribution is 6.19. The summed E-state index contributed by atoms with van der Waals surface area (Å²) in [6, 6.07) is 0. The molecule has 1 rings (SSSR count). The van der Waals surface area contributed by atoms with E-state index in [2.05, 4.69) is 0 Å². The minimum atomic E-state index is -1.63. The third kappa shape index (κ3) is 3.07. The van der Waals surface area contributed by atoms with E-state index in [9.17, 15) is 24.6 Å². The fourth-order valence-corrected chi connectivity index (χ4v) is 1.34. The molecule has 0 saturated carbocycles. The largest absolute Gasteiger partial charge is 0.545 e. The van der Waals surface area contributed by atoms with Crippen molar-refractivity contribution < 1.29 is 29.3 Å². The number of carboxylic acid groups (broad SMARTS) is 2. The van der Waals surface area contributed by atoms with Crippen molar-refractivity contribution in [2.24, 2.45) is 0 Å². The third-order valence-electron chi connectivity index (χ3n) is 2.14. The van der Waals surface area contributed by atoms with Crippen LogP contribution in [0.15, 0.2) is 35.6 Å². The zero-order valence-corrected chi connectivity index (χ0v) is 9.54. The van der Waals surface area contributed by atoms with Gasteiger partial charge in [0.05, 0.1) is 5.97 Å². The second-order valence-corrected chi connectivity index (χ2v) is 3.42. The van der Waals surface area contributed by atoms with Gasteiger partial charge in [-0.1, -0.05) is 13.0 Å². The molecule has 96 valence electrons. The number of ketones is 1. The van der Waals surface area contributed by atoms with Gasteiger partial charge in [-0.3, -0.25) is 4.79 Å². The van der Waals surface area contributed by atoms with Gasteiger partial charge in [0.15, 0.2) is 6.10 Å². The van der Waals surface area contributed by atoms with E-state index in [0.29, 0.717) is 6.42 Å². The SMILES string of the molecule is CC/C=C(\OC1C=CC=C(C(=O)[O-])C1=O)C(=O)[O-]. The van der Waals surface area contributed by atoms with E-state index >= 15 is 0 Å². The molecule has 0 aliphatic heterocycles. The lowest BCUT2D eigenvalue weighted by atomic mass is 10.0. The maximum absolute atomic E-state index is 11.6. The Morgan fingerprint density at radius 1 is 1.44 bits per heavy atom. The zero-order valence-electron chi connectivity index (χ0n) is 9.54. The molecule has 1 atom stereocenters. The standard InChI is InChI=1S/C12H12O6/c1-2-4-9(12(16)17)18-8-6-3-5-7(10(8)13)11(14)15/h3-6,8H,2H2,1H3,(H,14,15)(H,16,17)/p-2/b9-4-. The summed E-state index contributed by atoms with van der Waals surface area (Å²) in [7, 11) is 0. The van der Waals surface area contributed by atoms with Crippen molar-refractivity contribution in [2.75, 3.05) is 0 Å². The van der Waals surface area contributed by atoms with Crippen LogP contribution in [0.1, 0.15) is 13.3 Å². The summed E-state index contributed by atoms with van der Waals surface area (Å²) in [5.74, 6) is -4.56. The average molecular weight is 250 g/mol. The average Bonchev–Trinajstić information content (AvgIpc) is 2.30. The van der Waals surface area contributed by atoms with Gasteiger partial charge < -0.3 is 24.5 Å². The first kappa shape index (κ1) is 13.7. The molecular weight excluding hydrogens is 240 g/mol. The molecule has 0 aromatic rings. The molecule has 18 heavy (non-hydrogen) atoms. The van der Waals surface area contributed by atoms with Crippen molar-refractivity contribution in [3.8, 4) is 0 Å². The van der Waals surface area contributed by atoms with Crippen LogP contribution >= 0.6 is 0 Å². The Bertz CT molecular complexity index is 469. The van der Waals surface area contributed by atoms with Gasteiger partial charge in [0, 0.05) is 5.57 Å². The van der Waals surface area contributed by atoms with Crippen molar-refractivity contribution >= 4 is 17.7 Å². The van der Waals surface area contributed by atoms with Gasteiger partial charge >= 0.3 is 0 Å². The molecule has 0 bridgehead atoms. The number of carbonyl (C=O) groups is 3. The Hall–Kier alpha value is -2.37. The van der Waals surface area contributed by atoms with E-state index in [1.807, 2.05) is 0 Å². The molecule has 6 heteroatoms. The van der Waals surface area contributed by atoms with Crippen molar-refractivity contribution in [1.29, 1.82) is 0 Å². The molecule has 0 radical (unpaired) electrons. The molecule has 0 aromatic heterocycles. The molecule has 0 saturated heterocycles. The summed E-state index contributed by atoms with van der Waals surface area (Å²) in [6.07, 6.45) is 3.92. The number of aliphatic carboxylic acids is 2. The highest BCUT2D eigenvalue weighted by Crippen LogP contribution is 2.14. The summed E-state index contributed by atoms with van der Waals surface area (Å²) < 4.78 is 4.92. The third-order valence-corrected chi connectivity index (χ3v) is 2.14. The van der Waals surface area contributed by atoms with E-state index < -0.39 is 35.2 Å². The maximum Gasteiger partial charge on any atom is 0.209 e.